The Morgan fingerprint density at radius 3 is 2.68 bits per heavy atom. The fourth-order valence-electron chi connectivity index (χ4n) is 5.10. The molecule has 3 atom stereocenters. The Morgan fingerprint density at radius 2 is 1.96 bits per heavy atom. The highest BCUT2D eigenvalue weighted by atomic mass is 32.2. The first-order valence-corrected chi connectivity index (χ1v) is 12.4. The number of hydrogen-bond donors (Lipinski definition) is 1. The molecular formula is C23H31NO2S2. The average molecular weight is 418 g/mol. The minimum Gasteiger partial charge on any atom is -0.449 e. The summed E-state index contributed by atoms with van der Waals surface area (Å²) in [5, 5.41) is 3.00. The zero-order valence-corrected chi connectivity index (χ0v) is 18.8. The monoisotopic (exact) mass is 417 g/mol. The summed E-state index contributed by atoms with van der Waals surface area (Å²) < 4.78 is 6.10. The Balaban J connectivity index is 1.46. The maximum Gasteiger partial charge on any atom is 0.407 e. The van der Waals surface area contributed by atoms with Crippen LogP contribution in [-0.2, 0) is 4.74 Å². The molecule has 1 N–H and O–H groups in total. The van der Waals surface area contributed by atoms with Crippen LogP contribution in [0.5, 0.6) is 0 Å². The summed E-state index contributed by atoms with van der Waals surface area (Å²) in [5.41, 5.74) is 4.32. The third-order valence-electron chi connectivity index (χ3n) is 6.92. The molecule has 1 heterocycles. The molecule has 28 heavy (non-hydrogen) atoms. The predicted octanol–water partition coefficient (Wildman–Crippen LogP) is 6.18. The Hall–Kier alpha value is -1.07. The molecule has 4 rings (SSSR count). The van der Waals surface area contributed by atoms with E-state index < -0.39 is 0 Å². The first-order valence-electron chi connectivity index (χ1n) is 10.4. The molecule has 152 valence electrons. The van der Waals surface area contributed by atoms with E-state index in [1.165, 1.54) is 37.2 Å². The van der Waals surface area contributed by atoms with Gasteiger partial charge in [0.15, 0.2) is 0 Å². The van der Waals surface area contributed by atoms with Crippen molar-refractivity contribution in [3.05, 3.63) is 47.0 Å². The second-order valence-corrected chi connectivity index (χ2v) is 11.7. The first kappa shape index (κ1) is 20.2. The van der Waals surface area contributed by atoms with Crippen LogP contribution in [-0.4, -0.2) is 28.3 Å². The van der Waals surface area contributed by atoms with Gasteiger partial charge in [-0.15, -0.1) is 23.5 Å². The normalized spacial score (nSPS) is 29.6. The standard InChI is InChI=1S/C23H31NO2S2/c1-16-9-10-19-11-12-23(27-13-14-28-23)20(19)22(16,3)15-26-21(25)24-17(2)18-7-5-4-6-8-18/h4-8,16-17H,9-15H2,1-3H3,(H,24,25)/t16-,17+,22-/m1/s1. The maximum absolute atomic E-state index is 12.6. The Labute approximate surface area is 177 Å². The van der Waals surface area contributed by atoms with Gasteiger partial charge in [0, 0.05) is 16.9 Å². The van der Waals surface area contributed by atoms with Gasteiger partial charge < -0.3 is 10.1 Å². The Morgan fingerprint density at radius 1 is 1.25 bits per heavy atom. The smallest absolute Gasteiger partial charge is 0.407 e. The molecule has 1 saturated heterocycles. The largest absolute Gasteiger partial charge is 0.449 e. The van der Waals surface area contributed by atoms with Gasteiger partial charge in [0.25, 0.3) is 0 Å². The number of nitrogens with one attached hydrogen (secondary N) is 1. The van der Waals surface area contributed by atoms with E-state index in [1.54, 1.807) is 11.1 Å². The van der Waals surface area contributed by atoms with E-state index >= 15 is 0 Å². The lowest BCUT2D eigenvalue weighted by molar-refractivity contribution is 0.0698. The lowest BCUT2D eigenvalue weighted by Crippen LogP contribution is -2.43. The van der Waals surface area contributed by atoms with E-state index in [-0.39, 0.29) is 21.6 Å². The number of hydrogen-bond acceptors (Lipinski definition) is 4. The predicted molar refractivity (Wildman–Crippen MR) is 120 cm³/mol. The third kappa shape index (κ3) is 3.60. The van der Waals surface area contributed by atoms with Crippen molar-refractivity contribution in [3.63, 3.8) is 0 Å². The van der Waals surface area contributed by atoms with Crippen molar-refractivity contribution in [2.24, 2.45) is 11.3 Å². The topological polar surface area (TPSA) is 38.3 Å². The van der Waals surface area contributed by atoms with Crippen LogP contribution in [0.4, 0.5) is 4.79 Å². The number of allylic oxidation sites excluding steroid dienone is 1. The molecule has 1 amide bonds. The molecule has 0 saturated carbocycles. The summed E-state index contributed by atoms with van der Waals surface area (Å²) in [6.45, 7) is 7.16. The van der Waals surface area contributed by atoms with Gasteiger partial charge in [0.1, 0.15) is 6.61 Å². The van der Waals surface area contributed by atoms with Crippen LogP contribution in [0.25, 0.3) is 0 Å². The average Bonchev–Trinajstić information content (AvgIpc) is 3.32. The van der Waals surface area contributed by atoms with E-state index in [9.17, 15) is 4.79 Å². The summed E-state index contributed by atoms with van der Waals surface area (Å²) >= 11 is 4.27. The molecule has 1 aromatic carbocycles. The van der Waals surface area contributed by atoms with Crippen molar-refractivity contribution in [1.82, 2.24) is 5.32 Å². The van der Waals surface area contributed by atoms with Gasteiger partial charge in [-0.3, -0.25) is 0 Å². The Kier molecular flexibility index (Phi) is 5.76. The van der Waals surface area contributed by atoms with Crippen LogP contribution >= 0.6 is 23.5 Å². The highest BCUT2D eigenvalue weighted by Crippen LogP contribution is 2.65. The molecular weight excluding hydrogens is 386 g/mol. The number of rotatable bonds is 4. The van der Waals surface area contributed by atoms with Crippen molar-refractivity contribution in [2.75, 3.05) is 18.1 Å². The van der Waals surface area contributed by atoms with Crippen molar-refractivity contribution < 1.29 is 9.53 Å². The van der Waals surface area contributed by atoms with E-state index in [1.807, 2.05) is 37.3 Å². The van der Waals surface area contributed by atoms with Gasteiger partial charge in [0.05, 0.1) is 10.1 Å². The zero-order chi connectivity index (χ0) is 19.8. The molecule has 3 nitrogen and oxygen atoms in total. The second kappa shape index (κ2) is 7.98. The molecule has 0 unspecified atom stereocenters. The highest BCUT2D eigenvalue weighted by Gasteiger charge is 2.55. The van der Waals surface area contributed by atoms with Crippen LogP contribution in [0.3, 0.4) is 0 Å². The lowest BCUT2D eigenvalue weighted by atomic mass is 9.65. The number of thioether (sulfide) groups is 2. The maximum atomic E-state index is 12.6. The van der Waals surface area contributed by atoms with E-state index in [2.05, 4.69) is 42.7 Å². The van der Waals surface area contributed by atoms with Crippen LogP contribution in [0, 0.1) is 11.3 Å². The summed E-state index contributed by atoms with van der Waals surface area (Å²) in [5.74, 6) is 3.01. The molecule has 1 aromatic rings. The Bertz CT molecular complexity index is 757. The third-order valence-corrected chi connectivity index (χ3v) is 10.5. The highest BCUT2D eigenvalue weighted by molar-refractivity contribution is 8.21. The van der Waals surface area contributed by atoms with Gasteiger partial charge in [-0.2, -0.15) is 0 Å². The summed E-state index contributed by atoms with van der Waals surface area (Å²) in [6.07, 6.45) is 4.61. The number of benzene rings is 1. The van der Waals surface area contributed by atoms with Gasteiger partial charge in [-0.1, -0.05) is 49.8 Å². The zero-order valence-electron chi connectivity index (χ0n) is 17.1. The lowest BCUT2D eigenvalue weighted by Gasteiger charge is -2.46. The van der Waals surface area contributed by atoms with Crippen molar-refractivity contribution >= 4 is 29.6 Å². The molecule has 1 fully saturated rings. The van der Waals surface area contributed by atoms with Crippen molar-refractivity contribution in [1.29, 1.82) is 0 Å². The van der Waals surface area contributed by atoms with Gasteiger partial charge in [-0.25, -0.2) is 4.79 Å². The molecule has 1 aliphatic heterocycles. The van der Waals surface area contributed by atoms with Crippen molar-refractivity contribution in [2.45, 2.75) is 56.6 Å². The van der Waals surface area contributed by atoms with Gasteiger partial charge >= 0.3 is 6.09 Å². The van der Waals surface area contributed by atoms with Crippen LogP contribution in [0.1, 0.15) is 58.1 Å². The molecule has 2 aliphatic carbocycles. The number of carbonyl (C=O) groups is 1. The quantitative estimate of drug-likeness (QED) is 0.594. The SMILES string of the molecule is C[C@H](NC(=O)OC[C@@]1(C)C2=C(CC[C@H]1C)CCC21SCCS1)c1ccccc1. The number of carbonyl (C=O) groups excluding carboxylic acids is 1. The van der Waals surface area contributed by atoms with Crippen LogP contribution in [0.2, 0.25) is 0 Å². The summed E-state index contributed by atoms with van der Waals surface area (Å²) in [7, 11) is 0. The molecule has 0 radical (unpaired) electrons. The molecule has 5 heteroatoms. The fourth-order valence-corrected chi connectivity index (χ4v) is 8.79. The number of amides is 1. The van der Waals surface area contributed by atoms with E-state index in [0.29, 0.717) is 12.5 Å². The minimum absolute atomic E-state index is 0.0538. The summed E-state index contributed by atoms with van der Waals surface area (Å²) in [4.78, 5) is 12.6. The first-order chi connectivity index (χ1) is 13.4. The number of ether oxygens (including phenoxy) is 1. The minimum atomic E-state index is -0.309. The van der Waals surface area contributed by atoms with Crippen LogP contribution < -0.4 is 5.32 Å². The van der Waals surface area contributed by atoms with Gasteiger partial charge in [0.2, 0.25) is 0 Å². The fraction of sp³-hybridized carbons (Fsp3) is 0.609. The second-order valence-electron chi connectivity index (χ2n) is 8.64. The molecule has 1 spiro atoms. The number of alkyl carbamates (subject to hydrolysis) is 1. The molecule has 0 bridgehead atoms. The summed E-state index contributed by atoms with van der Waals surface area (Å²) in [6, 6.07) is 9.98. The van der Waals surface area contributed by atoms with Gasteiger partial charge in [-0.05, 0) is 49.7 Å². The van der Waals surface area contributed by atoms with Crippen LogP contribution in [0.15, 0.2) is 41.5 Å². The molecule has 3 aliphatic rings. The molecule has 0 aromatic heterocycles. The van der Waals surface area contributed by atoms with E-state index in [4.69, 9.17) is 4.74 Å². The van der Waals surface area contributed by atoms with Crippen molar-refractivity contribution in [3.8, 4) is 0 Å². The number of fused-ring (bicyclic) bond motifs is 1. The van der Waals surface area contributed by atoms with E-state index in [0.717, 1.165) is 5.56 Å².